The van der Waals surface area contributed by atoms with Crippen molar-refractivity contribution in [3.8, 4) is 5.75 Å². The Morgan fingerprint density at radius 2 is 2.05 bits per heavy atom. The lowest BCUT2D eigenvalue weighted by molar-refractivity contribution is -0.120. The Kier molecular flexibility index (Phi) is 7.82. The van der Waals surface area contributed by atoms with Crippen molar-refractivity contribution in [2.24, 2.45) is 0 Å². The summed E-state index contributed by atoms with van der Waals surface area (Å²) in [7, 11) is 1.55. The molecule has 0 radical (unpaired) electrons. The fourth-order valence-corrected chi connectivity index (χ4v) is 2.37. The van der Waals surface area contributed by atoms with E-state index in [1.54, 1.807) is 19.2 Å². The fourth-order valence-electron chi connectivity index (χ4n) is 1.76. The van der Waals surface area contributed by atoms with Gasteiger partial charge in [0.1, 0.15) is 5.75 Å². The molecule has 2 N–H and O–H groups in total. The number of ether oxygens (including phenoxy) is 1. The van der Waals surface area contributed by atoms with Gasteiger partial charge in [-0.15, -0.1) is 0 Å². The first-order valence-corrected chi connectivity index (χ1v) is 7.84. The van der Waals surface area contributed by atoms with Gasteiger partial charge in [0.05, 0.1) is 17.6 Å². The SMILES string of the molecule is CCC[C@H](Br)C(=O)NCCC(=O)Nc1ccccc1OC. The van der Waals surface area contributed by atoms with Crippen LogP contribution in [0.3, 0.4) is 0 Å². The third-order valence-electron chi connectivity index (χ3n) is 2.86. The maximum atomic E-state index is 11.8. The standard InChI is InChI=1S/C15H21BrN2O3/c1-3-6-11(16)15(20)17-10-9-14(19)18-12-7-4-5-8-13(12)21-2/h4-5,7-8,11H,3,6,9-10H2,1-2H3,(H,17,20)(H,18,19)/t11-/m0/s1. The Labute approximate surface area is 133 Å². The number of anilines is 1. The van der Waals surface area contributed by atoms with Crippen LogP contribution in [0, 0.1) is 0 Å². The second kappa shape index (κ2) is 9.39. The number of para-hydroxylation sites is 2. The summed E-state index contributed by atoms with van der Waals surface area (Å²) in [5.41, 5.74) is 0.626. The third-order valence-corrected chi connectivity index (χ3v) is 3.73. The van der Waals surface area contributed by atoms with Gasteiger partial charge in [-0.05, 0) is 18.6 Å². The van der Waals surface area contributed by atoms with E-state index in [2.05, 4.69) is 26.6 Å². The molecule has 0 saturated heterocycles. The van der Waals surface area contributed by atoms with Crippen LogP contribution in [0.4, 0.5) is 5.69 Å². The number of alkyl halides is 1. The van der Waals surface area contributed by atoms with Crippen LogP contribution < -0.4 is 15.4 Å². The van der Waals surface area contributed by atoms with Gasteiger partial charge in [0, 0.05) is 13.0 Å². The summed E-state index contributed by atoms with van der Waals surface area (Å²) in [5, 5.41) is 5.50. The van der Waals surface area contributed by atoms with Crippen LogP contribution in [0.2, 0.25) is 0 Å². The quantitative estimate of drug-likeness (QED) is 0.703. The number of carbonyl (C=O) groups is 2. The summed E-state index contributed by atoms with van der Waals surface area (Å²) >= 11 is 3.31. The van der Waals surface area contributed by atoms with Crippen LogP contribution >= 0.6 is 15.9 Å². The number of benzene rings is 1. The van der Waals surface area contributed by atoms with Crippen molar-refractivity contribution in [1.29, 1.82) is 0 Å². The van der Waals surface area contributed by atoms with Gasteiger partial charge in [0.15, 0.2) is 0 Å². The van der Waals surface area contributed by atoms with E-state index >= 15 is 0 Å². The van der Waals surface area contributed by atoms with Crippen molar-refractivity contribution in [2.45, 2.75) is 31.0 Å². The molecule has 0 heterocycles. The maximum Gasteiger partial charge on any atom is 0.233 e. The Morgan fingerprint density at radius 1 is 1.33 bits per heavy atom. The second-order valence-corrected chi connectivity index (χ2v) is 5.65. The van der Waals surface area contributed by atoms with Gasteiger partial charge in [-0.3, -0.25) is 9.59 Å². The molecule has 6 heteroatoms. The second-order valence-electron chi connectivity index (χ2n) is 4.55. The molecule has 0 spiro atoms. The van der Waals surface area contributed by atoms with E-state index in [-0.39, 0.29) is 23.1 Å². The summed E-state index contributed by atoms with van der Waals surface area (Å²) in [6.07, 6.45) is 1.92. The van der Waals surface area contributed by atoms with Gasteiger partial charge in [0.2, 0.25) is 11.8 Å². The zero-order valence-electron chi connectivity index (χ0n) is 12.3. The number of halogens is 1. The minimum Gasteiger partial charge on any atom is -0.495 e. The molecule has 1 aromatic rings. The molecule has 1 aromatic carbocycles. The lowest BCUT2D eigenvalue weighted by Crippen LogP contribution is -2.33. The summed E-state index contributed by atoms with van der Waals surface area (Å²) in [5.74, 6) is 0.363. The summed E-state index contributed by atoms with van der Waals surface area (Å²) in [6.45, 7) is 2.33. The highest BCUT2D eigenvalue weighted by molar-refractivity contribution is 9.10. The van der Waals surface area contributed by atoms with E-state index in [1.807, 2.05) is 19.1 Å². The Hall–Kier alpha value is -1.56. The molecular weight excluding hydrogens is 336 g/mol. The third kappa shape index (κ3) is 6.16. The number of amides is 2. The lowest BCUT2D eigenvalue weighted by Gasteiger charge is -2.11. The summed E-state index contributed by atoms with van der Waals surface area (Å²) in [6, 6.07) is 7.20. The first-order valence-electron chi connectivity index (χ1n) is 6.93. The fraction of sp³-hybridized carbons (Fsp3) is 0.467. The highest BCUT2D eigenvalue weighted by Crippen LogP contribution is 2.22. The van der Waals surface area contributed by atoms with Crippen molar-refractivity contribution in [1.82, 2.24) is 5.32 Å². The molecule has 5 nitrogen and oxygen atoms in total. The van der Waals surface area contributed by atoms with E-state index in [1.165, 1.54) is 0 Å². The monoisotopic (exact) mass is 356 g/mol. The van der Waals surface area contributed by atoms with E-state index in [4.69, 9.17) is 4.74 Å². The normalized spacial score (nSPS) is 11.6. The molecule has 0 unspecified atom stereocenters. The summed E-state index contributed by atoms with van der Waals surface area (Å²) in [4.78, 5) is 23.3. The molecule has 116 valence electrons. The number of hydrogen-bond acceptors (Lipinski definition) is 3. The first-order chi connectivity index (χ1) is 10.1. The predicted octanol–water partition coefficient (Wildman–Crippen LogP) is 2.70. The van der Waals surface area contributed by atoms with Crippen LogP contribution in [-0.2, 0) is 9.59 Å². The number of nitrogens with one attached hydrogen (secondary N) is 2. The predicted molar refractivity (Wildman–Crippen MR) is 86.9 cm³/mol. The average molecular weight is 357 g/mol. The number of rotatable bonds is 8. The number of hydrogen-bond donors (Lipinski definition) is 2. The lowest BCUT2D eigenvalue weighted by atomic mass is 10.2. The van der Waals surface area contributed by atoms with Gasteiger partial charge in [-0.2, -0.15) is 0 Å². The molecular formula is C15H21BrN2O3. The van der Waals surface area contributed by atoms with Crippen LogP contribution in [0.15, 0.2) is 24.3 Å². The Morgan fingerprint density at radius 3 is 2.71 bits per heavy atom. The van der Waals surface area contributed by atoms with Crippen LogP contribution in [0.25, 0.3) is 0 Å². The summed E-state index contributed by atoms with van der Waals surface area (Å²) < 4.78 is 5.16. The van der Waals surface area contributed by atoms with Gasteiger partial charge in [-0.25, -0.2) is 0 Å². The molecule has 0 aliphatic heterocycles. The molecule has 1 rings (SSSR count). The number of carbonyl (C=O) groups excluding carboxylic acids is 2. The molecule has 0 aromatic heterocycles. The van der Waals surface area contributed by atoms with E-state index in [0.29, 0.717) is 18.0 Å². The average Bonchev–Trinajstić information content (AvgIpc) is 2.47. The number of methoxy groups -OCH3 is 1. The molecule has 0 fully saturated rings. The van der Waals surface area contributed by atoms with E-state index in [9.17, 15) is 9.59 Å². The molecule has 1 atom stereocenters. The van der Waals surface area contributed by atoms with Crippen LogP contribution in [0.5, 0.6) is 5.75 Å². The van der Waals surface area contributed by atoms with E-state index in [0.717, 1.165) is 12.8 Å². The van der Waals surface area contributed by atoms with Crippen molar-refractivity contribution in [2.75, 3.05) is 19.0 Å². The first kappa shape index (κ1) is 17.5. The minimum atomic E-state index is -0.195. The highest BCUT2D eigenvalue weighted by Gasteiger charge is 2.13. The zero-order chi connectivity index (χ0) is 15.7. The van der Waals surface area contributed by atoms with Crippen LogP contribution in [0.1, 0.15) is 26.2 Å². The van der Waals surface area contributed by atoms with Crippen LogP contribution in [-0.4, -0.2) is 30.3 Å². The van der Waals surface area contributed by atoms with Crippen molar-refractivity contribution >= 4 is 33.4 Å². The molecule has 0 bridgehead atoms. The maximum absolute atomic E-state index is 11.8. The van der Waals surface area contributed by atoms with Gasteiger partial charge in [-0.1, -0.05) is 41.4 Å². The molecule has 21 heavy (non-hydrogen) atoms. The van der Waals surface area contributed by atoms with Crippen molar-refractivity contribution < 1.29 is 14.3 Å². The van der Waals surface area contributed by atoms with Crippen molar-refractivity contribution in [3.05, 3.63) is 24.3 Å². The highest BCUT2D eigenvalue weighted by atomic mass is 79.9. The smallest absolute Gasteiger partial charge is 0.233 e. The topological polar surface area (TPSA) is 67.4 Å². The van der Waals surface area contributed by atoms with Gasteiger partial charge < -0.3 is 15.4 Å². The molecule has 0 aliphatic rings. The largest absolute Gasteiger partial charge is 0.495 e. The molecule has 2 amide bonds. The Bertz CT molecular complexity index is 480. The zero-order valence-corrected chi connectivity index (χ0v) is 13.9. The molecule has 0 saturated carbocycles. The Balaban J connectivity index is 2.36. The van der Waals surface area contributed by atoms with E-state index < -0.39 is 0 Å². The van der Waals surface area contributed by atoms with Crippen molar-refractivity contribution in [3.63, 3.8) is 0 Å². The van der Waals surface area contributed by atoms with Gasteiger partial charge in [0.25, 0.3) is 0 Å². The molecule has 0 aliphatic carbocycles. The van der Waals surface area contributed by atoms with Gasteiger partial charge >= 0.3 is 0 Å². The minimum absolute atomic E-state index is 0.0815.